The van der Waals surface area contributed by atoms with E-state index in [-0.39, 0.29) is 12.5 Å². The van der Waals surface area contributed by atoms with Gasteiger partial charge in [-0.15, -0.1) is 0 Å². The first kappa shape index (κ1) is 14.8. The van der Waals surface area contributed by atoms with Crippen LogP contribution in [0.3, 0.4) is 0 Å². The summed E-state index contributed by atoms with van der Waals surface area (Å²) in [6.45, 7) is 6.29. The van der Waals surface area contributed by atoms with E-state index in [1.54, 1.807) is 20.8 Å². The summed E-state index contributed by atoms with van der Waals surface area (Å²) < 4.78 is 0. The largest absolute Gasteiger partial charge is 0.480 e. The van der Waals surface area contributed by atoms with Crippen molar-refractivity contribution >= 4 is 17.9 Å². The van der Waals surface area contributed by atoms with Gasteiger partial charge in [0.1, 0.15) is 11.1 Å². The number of imide groups is 1. The molecule has 2 heterocycles. The summed E-state index contributed by atoms with van der Waals surface area (Å²) in [5.41, 5.74) is -1.77. The standard InChI is InChI=1S/C13H21N3O4/c1-12(2)9(17)16(11(20)14-12)8-7-15-6-4-5-13(15,3)10(18)19/h4-8H2,1-3H3,(H,14,20)(H,18,19). The second-order valence-corrected chi connectivity index (χ2v) is 6.18. The molecule has 0 aromatic heterocycles. The van der Waals surface area contributed by atoms with Crippen molar-refractivity contribution < 1.29 is 19.5 Å². The Balaban J connectivity index is 2.01. The van der Waals surface area contributed by atoms with Crippen LogP contribution < -0.4 is 5.32 Å². The van der Waals surface area contributed by atoms with Gasteiger partial charge in [0.15, 0.2) is 0 Å². The molecule has 2 saturated heterocycles. The van der Waals surface area contributed by atoms with Gasteiger partial charge < -0.3 is 10.4 Å². The van der Waals surface area contributed by atoms with Crippen molar-refractivity contribution in [2.45, 2.75) is 44.7 Å². The first-order valence-electron chi connectivity index (χ1n) is 6.81. The summed E-state index contributed by atoms with van der Waals surface area (Å²) >= 11 is 0. The van der Waals surface area contributed by atoms with E-state index >= 15 is 0 Å². The maximum absolute atomic E-state index is 12.0. The third kappa shape index (κ3) is 2.26. The Morgan fingerprint density at radius 3 is 2.45 bits per heavy atom. The molecule has 0 aromatic rings. The lowest BCUT2D eigenvalue weighted by Gasteiger charge is -2.32. The van der Waals surface area contributed by atoms with Crippen LogP contribution in [0.4, 0.5) is 4.79 Å². The van der Waals surface area contributed by atoms with Gasteiger partial charge in [-0.2, -0.15) is 0 Å². The lowest BCUT2D eigenvalue weighted by molar-refractivity contribution is -0.148. The Labute approximate surface area is 117 Å². The predicted octanol–water partition coefficient (Wildman–Crippen LogP) is 0.256. The Bertz CT molecular complexity index is 463. The van der Waals surface area contributed by atoms with E-state index in [1.165, 1.54) is 4.90 Å². The Hall–Kier alpha value is -1.63. The Morgan fingerprint density at radius 2 is 1.95 bits per heavy atom. The molecule has 0 aliphatic carbocycles. The summed E-state index contributed by atoms with van der Waals surface area (Å²) in [6.07, 6.45) is 1.41. The van der Waals surface area contributed by atoms with Crippen molar-refractivity contribution in [3.63, 3.8) is 0 Å². The lowest BCUT2D eigenvalue weighted by atomic mass is 9.99. The smallest absolute Gasteiger partial charge is 0.325 e. The van der Waals surface area contributed by atoms with Crippen LogP contribution in [0.5, 0.6) is 0 Å². The number of hydrogen-bond acceptors (Lipinski definition) is 4. The van der Waals surface area contributed by atoms with E-state index in [9.17, 15) is 19.5 Å². The Morgan fingerprint density at radius 1 is 1.30 bits per heavy atom. The molecule has 1 atom stereocenters. The van der Waals surface area contributed by atoms with Gasteiger partial charge >= 0.3 is 12.0 Å². The van der Waals surface area contributed by atoms with Gasteiger partial charge in [0.2, 0.25) is 0 Å². The zero-order chi connectivity index (χ0) is 15.1. The average Bonchev–Trinajstić information content (AvgIpc) is 2.79. The molecule has 0 aromatic carbocycles. The summed E-state index contributed by atoms with van der Waals surface area (Å²) in [5, 5.41) is 11.9. The van der Waals surface area contributed by atoms with E-state index in [2.05, 4.69) is 5.32 Å². The van der Waals surface area contributed by atoms with Crippen LogP contribution in [-0.2, 0) is 9.59 Å². The van der Waals surface area contributed by atoms with Crippen LogP contribution in [0.1, 0.15) is 33.6 Å². The van der Waals surface area contributed by atoms with Crippen molar-refractivity contribution in [3.8, 4) is 0 Å². The second kappa shape index (κ2) is 4.73. The van der Waals surface area contributed by atoms with Crippen LogP contribution in [0.2, 0.25) is 0 Å². The first-order valence-corrected chi connectivity index (χ1v) is 6.81. The number of hydrogen-bond donors (Lipinski definition) is 2. The zero-order valence-electron chi connectivity index (χ0n) is 12.1. The quantitative estimate of drug-likeness (QED) is 0.722. The number of nitrogens with zero attached hydrogens (tertiary/aromatic N) is 2. The van der Waals surface area contributed by atoms with Crippen molar-refractivity contribution in [1.29, 1.82) is 0 Å². The third-order valence-corrected chi connectivity index (χ3v) is 4.29. The molecule has 2 aliphatic heterocycles. The maximum atomic E-state index is 12.0. The van der Waals surface area contributed by atoms with E-state index in [1.807, 2.05) is 4.90 Å². The van der Waals surface area contributed by atoms with Crippen LogP contribution in [0, 0.1) is 0 Å². The highest BCUT2D eigenvalue weighted by Gasteiger charge is 2.46. The fraction of sp³-hybridized carbons (Fsp3) is 0.769. The number of likely N-dealkylation sites (tertiary alicyclic amines) is 1. The molecule has 2 N–H and O–H groups in total. The van der Waals surface area contributed by atoms with E-state index in [0.717, 1.165) is 6.42 Å². The normalized spacial score (nSPS) is 29.9. The topological polar surface area (TPSA) is 90.0 Å². The van der Waals surface area contributed by atoms with Gasteiger partial charge in [0.25, 0.3) is 5.91 Å². The van der Waals surface area contributed by atoms with Gasteiger partial charge in [-0.05, 0) is 40.2 Å². The van der Waals surface area contributed by atoms with Gasteiger partial charge in [-0.3, -0.25) is 19.4 Å². The minimum absolute atomic E-state index is 0.219. The minimum Gasteiger partial charge on any atom is -0.480 e. The lowest BCUT2D eigenvalue weighted by Crippen LogP contribution is -2.51. The van der Waals surface area contributed by atoms with Crippen LogP contribution in [0.25, 0.3) is 0 Å². The number of nitrogens with one attached hydrogen (secondary N) is 1. The summed E-state index contributed by atoms with van der Waals surface area (Å²) in [4.78, 5) is 38.2. The highest BCUT2D eigenvalue weighted by Crippen LogP contribution is 2.29. The number of urea groups is 1. The number of amides is 3. The number of carboxylic acid groups (broad SMARTS) is 1. The number of carbonyl (C=O) groups is 3. The monoisotopic (exact) mass is 283 g/mol. The molecule has 1 unspecified atom stereocenters. The number of rotatable bonds is 4. The van der Waals surface area contributed by atoms with E-state index < -0.39 is 23.1 Å². The van der Waals surface area contributed by atoms with Crippen molar-refractivity contribution in [2.75, 3.05) is 19.6 Å². The molecule has 7 nitrogen and oxygen atoms in total. The summed E-state index contributed by atoms with van der Waals surface area (Å²) in [5.74, 6) is -1.12. The van der Waals surface area contributed by atoms with Gasteiger partial charge in [0, 0.05) is 13.1 Å². The highest BCUT2D eigenvalue weighted by molar-refractivity contribution is 6.06. The van der Waals surface area contributed by atoms with Gasteiger partial charge in [0.05, 0.1) is 0 Å². The Kier molecular flexibility index (Phi) is 3.49. The van der Waals surface area contributed by atoms with Crippen molar-refractivity contribution in [1.82, 2.24) is 15.1 Å². The molecule has 0 radical (unpaired) electrons. The molecule has 2 fully saturated rings. The van der Waals surface area contributed by atoms with Crippen LogP contribution in [-0.4, -0.2) is 63.5 Å². The van der Waals surface area contributed by atoms with Crippen molar-refractivity contribution in [2.24, 2.45) is 0 Å². The first-order chi connectivity index (χ1) is 9.18. The molecule has 0 spiro atoms. The molecule has 0 bridgehead atoms. The fourth-order valence-corrected chi connectivity index (χ4v) is 2.86. The van der Waals surface area contributed by atoms with E-state index in [4.69, 9.17) is 0 Å². The number of aliphatic carboxylic acids is 1. The SMILES string of the molecule is CC1(C)NC(=O)N(CCN2CCCC2(C)C(=O)O)C1=O. The molecule has 0 saturated carbocycles. The molecular weight excluding hydrogens is 262 g/mol. The van der Waals surface area contributed by atoms with Crippen molar-refractivity contribution in [3.05, 3.63) is 0 Å². The van der Waals surface area contributed by atoms with Gasteiger partial charge in [-0.25, -0.2) is 4.79 Å². The summed E-state index contributed by atoms with van der Waals surface area (Å²) in [7, 11) is 0. The number of carbonyl (C=O) groups excluding carboxylic acids is 2. The van der Waals surface area contributed by atoms with Crippen LogP contribution in [0.15, 0.2) is 0 Å². The average molecular weight is 283 g/mol. The zero-order valence-corrected chi connectivity index (χ0v) is 12.1. The molecule has 20 heavy (non-hydrogen) atoms. The molecule has 3 amide bonds. The third-order valence-electron chi connectivity index (χ3n) is 4.29. The van der Waals surface area contributed by atoms with E-state index in [0.29, 0.717) is 19.5 Å². The molecule has 7 heteroatoms. The minimum atomic E-state index is -0.894. The fourth-order valence-electron chi connectivity index (χ4n) is 2.86. The highest BCUT2D eigenvalue weighted by atomic mass is 16.4. The van der Waals surface area contributed by atoms with Gasteiger partial charge in [-0.1, -0.05) is 0 Å². The molecule has 2 rings (SSSR count). The molecule has 112 valence electrons. The predicted molar refractivity (Wildman–Crippen MR) is 71.2 cm³/mol. The molecular formula is C13H21N3O4. The second-order valence-electron chi connectivity index (χ2n) is 6.18. The number of carboxylic acids is 1. The van der Waals surface area contributed by atoms with Crippen LogP contribution >= 0.6 is 0 Å². The maximum Gasteiger partial charge on any atom is 0.325 e. The molecule has 2 aliphatic rings. The summed E-state index contributed by atoms with van der Waals surface area (Å²) in [6, 6.07) is -0.406.